The summed E-state index contributed by atoms with van der Waals surface area (Å²) in [6.45, 7) is 0. The smallest absolute Gasteiger partial charge is 0.227 e. The highest BCUT2D eigenvalue weighted by Gasteiger charge is 2.20. The summed E-state index contributed by atoms with van der Waals surface area (Å²) in [7, 11) is 0. The highest BCUT2D eigenvalue weighted by atomic mass is 16.3. The van der Waals surface area contributed by atoms with E-state index in [9.17, 15) is 0 Å². The van der Waals surface area contributed by atoms with Crippen molar-refractivity contribution in [3.05, 3.63) is 194 Å². The van der Waals surface area contributed by atoms with Gasteiger partial charge in [-0.2, -0.15) is 0 Å². The van der Waals surface area contributed by atoms with Gasteiger partial charge in [-0.15, -0.1) is 0 Å². The van der Waals surface area contributed by atoms with Crippen LogP contribution in [-0.2, 0) is 0 Å². The summed E-state index contributed by atoms with van der Waals surface area (Å²) >= 11 is 0. The second kappa shape index (κ2) is 13.8. The molecule has 0 spiro atoms. The monoisotopic (exact) mass is 704 g/mol. The maximum atomic E-state index is 6.47. The molecule has 0 amide bonds. The Kier molecular flexibility index (Phi) is 8.08. The number of hydrogen-bond donors (Lipinski definition) is 0. The van der Waals surface area contributed by atoms with E-state index in [1.54, 1.807) is 0 Å². The standard InChI is InChI=1S/C50H32N4O/c1-5-15-33(16-6-1)40-25-14-26-42(44(40)35-17-7-2-8-18-35)49-53-47(37-19-9-3-10-20-37)52-48(54-49)38-29-27-34(28-30-38)41-24-13-23-36-31-32-43-46(45(36)41)55-50(51-43)39-21-11-4-12-22-39/h1-32H. The van der Waals surface area contributed by atoms with E-state index in [2.05, 4.69) is 115 Å². The van der Waals surface area contributed by atoms with Crippen LogP contribution in [0.3, 0.4) is 0 Å². The van der Waals surface area contributed by atoms with Crippen LogP contribution in [0.4, 0.5) is 0 Å². The largest absolute Gasteiger partial charge is 0.435 e. The fourth-order valence-electron chi connectivity index (χ4n) is 7.35. The third-order valence-corrected chi connectivity index (χ3v) is 9.99. The summed E-state index contributed by atoms with van der Waals surface area (Å²) in [4.78, 5) is 20.2. The van der Waals surface area contributed by atoms with Crippen LogP contribution in [0.5, 0.6) is 0 Å². The van der Waals surface area contributed by atoms with Gasteiger partial charge in [0.05, 0.1) is 0 Å². The molecule has 0 radical (unpaired) electrons. The number of nitrogens with zero attached hydrogens (tertiary/aromatic N) is 4. The fraction of sp³-hybridized carbons (Fsp3) is 0. The molecular formula is C50H32N4O. The first-order chi connectivity index (χ1) is 27.3. The lowest BCUT2D eigenvalue weighted by Crippen LogP contribution is -2.01. The topological polar surface area (TPSA) is 64.7 Å². The molecule has 258 valence electrons. The zero-order valence-electron chi connectivity index (χ0n) is 29.7. The normalized spacial score (nSPS) is 11.3. The molecule has 0 atom stereocenters. The van der Waals surface area contributed by atoms with Crippen molar-refractivity contribution in [3.63, 3.8) is 0 Å². The third kappa shape index (κ3) is 6.04. The minimum absolute atomic E-state index is 0.600. The maximum Gasteiger partial charge on any atom is 0.227 e. The quantitative estimate of drug-likeness (QED) is 0.165. The van der Waals surface area contributed by atoms with Gasteiger partial charge in [0.1, 0.15) is 5.52 Å². The van der Waals surface area contributed by atoms with Crippen molar-refractivity contribution in [1.29, 1.82) is 0 Å². The molecule has 5 heteroatoms. The Morgan fingerprint density at radius 2 is 0.800 bits per heavy atom. The molecule has 0 saturated carbocycles. The number of aromatic nitrogens is 4. The van der Waals surface area contributed by atoms with Crippen LogP contribution in [-0.4, -0.2) is 19.9 Å². The highest BCUT2D eigenvalue weighted by molar-refractivity contribution is 6.11. The number of hydrogen-bond acceptors (Lipinski definition) is 5. The van der Waals surface area contributed by atoms with Crippen molar-refractivity contribution in [3.8, 4) is 79.0 Å². The van der Waals surface area contributed by atoms with Crippen LogP contribution in [0.15, 0.2) is 199 Å². The molecule has 0 unspecified atom stereocenters. The van der Waals surface area contributed by atoms with Crippen molar-refractivity contribution in [2.75, 3.05) is 0 Å². The van der Waals surface area contributed by atoms with Crippen molar-refractivity contribution in [2.24, 2.45) is 0 Å². The van der Waals surface area contributed by atoms with Crippen LogP contribution < -0.4 is 0 Å². The van der Waals surface area contributed by atoms with Crippen LogP contribution in [0.1, 0.15) is 0 Å². The first kappa shape index (κ1) is 32.2. The fourth-order valence-corrected chi connectivity index (χ4v) is 7.35. The van der Waals surface area contributed by atoms with Crippen molar-refractivity contribution < 1.29 is 4.42 Å². The number of benzene rings is 8. The van der Waals surface area contributed by atoms with E-state index in [1.165, 1.54) is 0 Å². The Morgan fingerprint density at radius 1 is 0.309 bits per heavy atom. The number of oxazole rings is 1. The van der Waals surface area contributed by atoms with E-state index in [4.69, 9.17) is 24.4 Å². The van der Waals surface area contributed by atoms with Gasteiger partial charge >= 0.3 is 0 Å². The summed E-state index contributed by atoms with van der Waals surface area (Å²) in [5.74, 6) is 2.44. The molecule has 0 bridgehead atoms. The van der Waals surface area contributed by atoms with Crippen LogP contribution >= 0.6 is 0 Å². The van der Waals surface area contributed by atoms with Gasteiger partial charge in [-0.1, -0.05) is 176 Å². The molecule has 5 nitrogen and oxygen atoms in total. The third-order valence-electron chi connectivity index (χ3n) is 9.99. The van der Waals surface area contributed by atoms with Gasteiger partial charge in [0.2, 0.25) is 5.89 Å². The number of rotatable bonds is 7. The zero-order chi connectivity index (χ0) is 36.6. The van der Waals surface area contributed by atoms with Gasteiger partial charge < -0.3 is 4.42 Å². The molecule has 8 aromatic carbocycles. The second-order valence-corrected chi connectivity index (χ2v) is 13.4. The van der Waals surface area contributed by atoms with Crippen molar-refractivity contribution >= 4 is 21.9 Å². The minimum Gasteiger partial charge on any atom is -0.435 e. The summed E-state index contributed by atoms with van der Waals surface area (Å²) in [5.41, 5.74) is 11.8. The average Bonchev–Trinajstić information content (AvgIpc) is 3.72. The Balaban J connectivity index is 1.12. The van der Waals surface area contributed by atoms with E-state index in [0.717, 1.165) is 77.5 Å². The van der Waals surface area contributed by atoms with E-state index >= 15 is 0 Å². The Morgan fingerprint density at radius 3 is 1.47 bits per heavy atom. The Labute approximate surface area is 318 Å². The van der Waals surface area contributed by atoms with Gasteiger partial charge in [0.25, 0.3) is 0 Å². The predicted octanol–water partition coefficient (Wildman–Crippen LogP) is 12.8. The molecule has 0 aliphatic rings. The molecule has 0 aliphatic heterocycles. The molecule has 0 fully saturated rings. The second-order valence-electron chi connectivity index (χ2n) is 13.4. The average molecular weight is 705 g/mol. The van der Waals surface area contributed by atoms with E-state index in [1.807, 2.05) is 78.9 Å². The molecule has 0 saturated heterocycles. The first-order valence-electron chi connectivity index (χ1n) is 18.3. The minimum atomic E-state index is 0.600. The zero-order valence-corrected chi connectivity index (χ0v) is 29.7. The summed E-state index contributed by atoms with van der Waals surface area (Å²) in [6, 6.07) is 66.4. The summed E-state index contributed by atoms with van der Waals surface area (Å²) in [6.07, 6.45) is 0. The molecule has 0 N–H and O–H groups in total. The maximum absolute atomic E-state index is 6.47. The van der Waals surface area contributed by atoms with Crippen LogP contribution in [0.2, 0.25) is 0 Å². The van der Waals surface area contributed by atoms with Crippen LogP contribution in [0, 0.1) is 0 Å². The SMILES string of the molecule is c1ccc(-c2nc(-c3ccc(-c4cccc5ccc6nc(-c7ccccc7)oc6c45)cc3)nc(-c3cccc(-c4ccccc4)c3-c3ccccc3)n2)cc1. The molecular weight excluding hydrogens is 673 g/mol. The van der Waals surface area contributed by atoms with E-state index in [-0.39, 0.29) is 0 Å². The lowest BCUT2D eigenvalue weighted by molar-refractivity contribution is 0.623. The van der Waals surface area contributed by atoms with Crippen LogP contribution in [0.25, 0.3) is 101 Å². The van der Waals surface area contributed by atoms with Gasteiger partial charge in [-0.05, 0) is 51.4 Å². The molecule has 2 aromatic heterocycles. The lowest BCUT2D eigenvalue weighted by Gasteiger charge is -2.16. The molecule has 0 aliphatic carbocycles. The Bertz CT molecular complexity index is 2940. The van der Waals surface area contributed by atoms with Crippen molar-refractivity contribution in [2.45, 2.75) is 0 Å². The molecule has 2 heterocycles. The van der Waals surface area contributed by atoms with Gasteiger partial charge in [-0.25, -0.2) is 19.9 Å². The van der Waals surface area contributed by atoms with Crippen molar-refractivity contribution in [1.82, 2.24) is 19.9 Å². The highest BCUT2D eigenvalue weighted by Crippen LogP contribution is 2.41. The summed E-state index contributed by atoms with van der Waals surface area (Å²) in [5, 5.41) is 2.12. The van der Waals surface area contributed by atoms with Gasteiger partial charge in [0, 0.05) is 33.2 Å². The molecule has 55 heavy (non-hydrogen) atoms. The number of fused-ring (bicyclic) bond motifs is 3. The van der Waals surface area contributed by atoms with Gasteiger partial charge in [-0.3, -0.25) is 0 Å². The van der Waals surface area contributed by atoms with Gasteiger partial charge in [0.15, 0.2) is 23.1 Å². The van der Waals surface area contributed by atoms with E-state index in [0.29, 0.717) is 23.4 Å². The molecule has 10 aromatic rings. The predicted molar refractivity (Wildman–Crippen MR) is 223 cm³/mol. The molecule has 10 rings (SSSR count). The summed E-state index contributed by atoms with van der Waals surface area (Å²) < 4.78 is 6.47. The Hall–Kier alpha value is -7.50. The first-order valence-corrected chi connectivity index (χ1v) is 18.3. The lowest BCUT2D eigenvalue weighted by atomic mass is 9.90. The van der Waals surface area contributed by atoms with E-state index < -0.39 is 0 Å².